The van der Waals surface area contributed by atoms with Crippen LogP contribution in [0, 0.1) is 5.82 Å². The lowest BCUT2D eigenvalue weighted by Crippen LogP contribution is -2.25. The van der Waals surface area contributed by atoms with E-state index in [2.05, 4.69) is 5.32 Å². The highest BCUT2D eigenvalue weighted by Crippen LogP contribution is 2.33. The molecular formula is C22H17FN2O3S. The van der Waals surface area contributed by atoms with Crippen molar-refractivity contribution in [2.75, 3.05) is 6.79 Å². The van der Waals surface area contributed by atoms with Crippen LogP contribution >= 0.6 is 11.3 Å². The van der Waals surface area contributed by atoms with Crippen LogP contribution in [0.25, 0.3) is 10.2 Å². The maximum absolute atomic E-state index is 13.1. The van der Waals surface area contributed by atoms with E-state index >= 15 is 0 Å². The summed E-state index contributed by atoms with van der Waals surface area (Å²) in [7, 11) is 0. The summed E-state index contributed by atoms with van der Waals surface area (Å²) in [6.45, 7) is 1.10. The van der Waals surface area contributed by atoms with Gasteiger partial charge in [0, 0.05) is 13.1 Å². The Labute approximate surface area is 170 Å². The molecule has 0 bridgehead atoms. The zero-order chi connectivity index (χ0) is 19.8. The van der Waals surface area contributed by atoms with Gasteiger partial charge in [0.2, 0.25) is 6.79 Å². The van der Waals surface area contributed by atoms with Crippen LogP contribution < -0.4 is 14.8 Å². The number of carbonyl (C=O) groups is 1. The fourth-order valence-corrected chi connectivity index (χ4v) is 4.25. The third-order valence-electron chi connectivity index (χ3n) is 4.90. The number of ether oxygens (including phenoxy) is 2. The van der Waals surface area contributed by atoms with Crippen LogP contribution in [0.3, 0.4) is 0 Å². The lowest BCUT2D eigenvalue weighted by molar-refractivity contribution is 0.0942. The standard InChI is InChI=1S/C22H17FN2O3S/c23-16-4-1-14(2-5-16)11-24-22(26)18-10-21-17(7-8-29-21)25(18)12-15-3-6-19-20(9-15)28-13-27-19/h1-10H,11-13H2,(H,24,26). The average molecular weight is 408 g/mol. The van der Waals surface area contributed by atoms with Crippen molar-refractivity contribution < 1.29 is 18.7 Å². The first-order valence-corrected chi connectivity index (χ1v) is 10.0. The van der Waals surface area contributed by atoms with Crippen molar-refractivity contribution in [3.8, 4) is 11.5 Å². The Morgan fingerprint density at radius 1 is 1.03 bits per heavy atom. The second kappa shape index (κ2) is 7.25. The Bertz CT molecular complexity index is 1200. The number of carbonyl (C=O) groups excluding carboxylic acids is 1. The number of fused-ring (bicyclic) bond motifs is 2. The number of hydrogen-bond donors (Lipinski definition) is 1. The van der Waals surface area contributed by atoms with E-state index in [0.717, 1.165) is 32.8 Å². The van der Waals surface area contributed by atoms with Gasteiger partial charge in [-0.05, 0) is 52.9 Å². The first-order valence-electron chi connectivity index (χ1n) is 9.15. The van der Waals surface area contributed by atoms with E-state index in [-0.39, 0.29) is 18.5 Å². The third-order valence-corrected chi connectivity index (χ3v) is 5.75. The van der Waals surface area contributed by atoms with E-state index in [0.29, 0.717) is 18.8 Å². The van der Waals surface area contributed by atoms with Crippen molar-refractivity contribution in [2.45, 2.75) is 13.1 Å². The molecule has 7 heteroatoms. The van der Waals surface area contributed by atoms with Crippen LogP contribution in [-0.4, -0.2) is 17.3 Å². The zero-order valence-corrected chi connectivity index (χ0v) is 16.2. The predicted molar refractivity (Wildman–Crippen MR) is 109 cm³/mol. The van der Waals surface area contributed by atoms with Gasteiger partial charge < -0.3 is 19.4 Å². The number of rotatable bonds is 5. The summed E-state index contributed by atoms with van der Waals surface area (Å²) in [5.74, 6) is 0.995. The molecule has 5 rings (SSSR count). The summed E-state index contributed by atoms with van der Waals surface area (Å²) >= 11 is 1.60. The van der Waals surface area contributed by atoms with Gasteiger partial charge in [0.1, 0.15) is 11.5 Å². The molecule has 1 amide bonds. The number of nitrogens with one attached hydrogen (secondary N) is 1. The zero-order valence-electron chi connectivity index (χ0n) is 15.4. The second-order valence-electron chi connectivity index (χ2n) is 6.78. The van der Waals surface area contributed by atoms with E-state index in [1.165, 1.54) is 12.1 Å². The molecule has 0 saturated heterocycles. The van der Waals surface area contributed by atoms with Gasteiger partial charge in [-0.25, -0.2) is 4.39 Å². The molecule has 4 aromatic rings. The molecule has 0 fully saturated rings. The number of amides is 1. The molecular weight excluding hydrogens is 391 g/mol. The molecule has 0 saturated carbocycles. The molecule has 0 aliphatic carbocycles. The van der Waals surface area contributed by atoms with Crippen LogP contribution in [0.15, 0.2) is 60.0 Å². The number of aromatic nitrogens is 1. The van der Waals surface area contributed by atoms with Crippen LogP contribution in [0.5, 0.6) is 11.5 Å². The fourth-order valence-electron chi connectivity index (χ4n) is 3.43. The minimum absolute atomic E-state index is 0.168. The highest BCUT2D eigenvalue weighted by molar-refractivity contribution is 7.17. The summed E-state index contributed by atoms with van der Waals surface area (Å²) in [6.07, 6.45) is 0. The average Bonchev–Trinajstić information content (AvgIpc) is 3.44. The quantitative estimate of drug-likeness (QED) is 0.527. The van der Waals surface area contributed by atoms with Gasteiger partial charge in [0.25, 0.3) is 5.91 Å². The smallest absolute Gasteiger partial charge is 0.268 e. The highest BCUT2D eigenvalue weighted by Gasteiger charge is 2.18. The minimum atomic E-state index is -0.294. The van der Waals surface area contributed by atoms with E-state index in [4.69, 9.17) is 9.47 Å². The van der Waals surface area contributed by atoms with Gasteiger partial charge in [-0.1, -0.05) is 18.2 Å². The van der Waals surface area contributed by atoms with Gasteiger partial charge in [-0.3, -0.25) is 4.79 Å². The maximum Gasteiger partial charge on any atom is 0.268 e. The van der Waals surface area contributed by atoms with Gasteiger partial charge in [-0.2, -0.15) is 0 Å². The molecule has 1 N–H and O–H groups in total. The molecule has 0 atom stereocenters. The Morgan fingerprint density at radius 3 is 2.69 bits per heavy atom. The molecule has 5 nitrogen and oxygen atoms in total. The third kappa shape index (κ3) is 3.45. The lowest BCUT2D eigenvalue weighted by Gasteiger charge is -2.12. The number of nitrogens with zero attached hydrogens (tertiary/aromatic N) is 1. The topological polar surface area (TPSA) is 52.5 Å². The van der Waals surface area contributed by atoms with E-state index in [9.17, 15) is 9.18 Å². The van der Waals surface area contributed by atoms with Gasteiger partial charge in [-0.15, -0.1) is 11.3 Å². The molecule has 0 radical (unpaired) electrons. The van der Waals surface area contributed by atoms with Crippen molar-refractivity contribution in [1.29, 1.82) is 0 Å². The summed E-state index contributed by atoms with van der Waals surface area (Å²) in [4.78, 5) is 12.9. The number of halogens is 1. The Kier molecular flexibility index (Phi) is 4.44. The van der Waals surface area contributed by atoms with Gasteiger partial charge >= 0.3 is 0 Å². The summed E-state index contributed by atoms with van der Waals surface area (Å²) < 4.78 is 27.0. The van der Waals surface area contributed by atoms with Crippen molar-refractivity contribution in [3.63, 3.8) is 0 Å². The molecule has 146 valence electrons. The van der Waals surface area contributed by atoms with Crippen LogP contribution in [-0.2, 0) is 13.1 Å². The molecule has 2 aromatic carbocycles. The number of benzene rings is 2. The number of thiophene rings is 1. The SMILES string of the molecule is O=C(NCc1ccc(F)cc1)c1cc2sccc2n1Cc1ccc2c(c1)OCO2. The van der Waals surface area contributed by atoms with E-state index in [1.807, 2.05) is 40.3 Å². The van der Waals surface area contributed by atoms with E-state index < -0.39 is 0 Å². The van der Waals surface area contributed by atoms with Gasteiger partial charge in [0.05, 0.1) is 10.2 Å². The summed E-state index contributed by atoms with van der Waals surface area (Å²) in [5, 5.41) is 4.95. The Morgan fingerprint density at radius 2 is 1.83 bits per heavy atom. The summed E-state index contributed by atoms with van der Waals surface area (Å²) in [5.41, 5.74) is 3.47. The first-order chi connectivity index (χ1) is 14.2. The Hall–Kier alpha value is -3.32. The van der Waals surface area contributed by atoms with Crippen molar-refractivity contribution >= 4 is 27.5 Å². The van der Waals surface area contributed by atoms with Crippen LogP contribution in [0.1, 0.15) is 21.6 Å². The molecule has 2 aromatic heterocycles. The molecule has 0 spiro atoms. The minimum Gasteiger partial charge on any atom is -0.454 e. The van der Waals surface area contributed by atoms with Crippen molar-refractivity contribution in [3.05, 3.63) is 82.6 Å². The normalized spacial score (nSPS) is 12.4. The van der Waals surface area contributed by atoms with Crippen LogP contribution in [0.4, 0.5) is 4.39 Å². The fraction of sp³-hybridized carbons (Fsp3) is 0.136. The Balaban J connectivity index is 1.41. The molecule has 1 aliphatic heterocycles. The molecule has 3 heterocycles. The monoisotopic (exact) mass is 408 g/mol. The van der Waals surface area contributed by atoms with E-state index in [1.54, 1.807) is 23.5 Å². The molecule has 0 unspecified atom stereocenters. The van der Waals surface area contributed by atoms with Crippen LogP contribution in [0.2, 0.25) is 0 Å². The lowest BCUT2D eigenvalue weighted by atomic mass is 10.2. The maximum atomic E-state index is 13.1. The molecule has 1 aliphatic rings. The van der Waals surface area contributed by atoms with Crippen molar-refractivity contribution in [2.24, 2.45) is 0 Å². The largest absolute Gasteiger partial charge is 0.454 e. The first kappa shape index (κ1) is 17.8. The predicted octanol–water partition coefficient (Wildman–Crippen LogP) is 4.55. The summed E-state index contributed by atoms with van der Waals surface area (Å²) in [6, 6.07) is 15.9. The molecule has 29 heavy (non-hydrogen) atoms. The highest BCUT2D eigenvalue weighted by atomic mass is 32.1. The van der Waals surface area contributed by atoms with Gasteiger partial charge in [0.15, 0.2) is 11.5 Å². The number of hydrogen-bond acceptors (Lipinski definition) is 4. The van der Waals surface area contributed by atoms with Crippen molar-refractivity contribution in [1.82, 2.24) is 9.88 Å². The second-order valence-corrected chi connectivity index (χ2v) is 7.73.